The molecule has 0 fully saturated rings. The van der Waals surface area contributed by atoms with Gasteiger partial charge in [0.05, 0.1) is 24.3 Å². The van der Waals surface area contributed by atoms with Crippen LogP contribution in [0.1, 0.15) is 68.7 Å². The van der Waals surface area contributed by atoms with E-state index in [1.807, 2.05) is 12.1 Å². The van der Waals surface area contributed by atoms with Crippen LogP contribution in [0.5, 0.6) is 11.5 Å². The van der Waals surface area contributed by atoms with Gasteiger partial charge in [-0.05, 0) is 101 Å². The largest absolute Gasteiger partial charge is 1.00 e. The number of imide groups is 1. The van der Waals surface area contributed by atoms with Crippen LogP contribution in [0.3, 0.4) is 0 Å². The minimum Gasteiger partial charge on any atom is -0.496 e. The molecular weight excluding hydrogens is 564 g/mol. The number of carboxylic acids is 1. The zero-order valence-corrected chi connectivity index (χ0v) is 29.1. The number of ether oxygens (including phenoxy) is 2. The van der Waals surface area contributed by atoms with E-state index in [9.17, 15) is 14.4 Å². The van der Waals surface area contributed by atoms with Crippen LogP contribution in [0, 0.1) is 13.8 Å². The Bertz CT molecular complexity index is 1480. The Kier molecular flexibility index (Phi) is 11.2. The summed E-state index contributed by atoms with van der Waals surface area (Å²) in [5, 5.41) is 9.12. The van der Waals surface area contributed by atoms with E-state index in [2.05, 4.69) is 38.1 Å². The first-order chi connectivity index (χ1) is 19.9. The molecule has 6 rings (SSSR count). The zero-order chi connectivity index (χ0) is 28.7. The van der Waals surface area contributed by atoms with Crippen LogP contribution < -0.4 is 68.6 Å². The van der Waals surface area contributed by atoms with E-state index in [-0.39, 0.29) is 90.3 Å². The van der Waals surface area contributed by atoms with Crippen LogP contribution in [-0.2, 0) is 30.5 Å². The molecule has 2 aliphatic carbocycles. The van der Waals surface area contributed by atoms with Crippen molar-refractivity contribution in [3.63, 3.8) is 0 Å². The number of aliphatic carboxylic acids is 1. The van der Waals surface area contributed by atoms with Crippen molar-refractivity contribution in [2.75, 3.05) is 19.8 Å². The fourth-order valence-corrected chi connectivity index (χ4v) is 6.49. The fraction of sp³-hybridized carbons (Fsp3) is 0.324. The molecule has 212 valence electrons. The third-order valence-electron chi connectivity index (χ3n) is 8.20. The second-order valence-electron chi connectivity index (χ2n) is 10.8. The van der Waals surface area contributed by atoms with Crippen LogP contribution in [0.2, 0.25) is 0 Å². The van der Waals surface area contributed by atoms with Gasteiger partial charge in [-0.3, -0.25) is 19.3 Å². The zero-order valence-electron chi connectivity index (χ0n) is 25.1. The molecule has 3 aromatic rings. The van der Waals surface area contributed by atoms with Gasteiger partial charge in [0.1, 0.15) is 11.5 Å². The molecule has 1 N–H and O–H groups in total. The SMILES string of the molecule is [CH2-]CCOc1ccc2c(c1)CCc1c3c(c4c(c1-2)-c1ccc(OCC[CH2-])cc1CC4)C(=O)N(CCCC(=O)O)C3=O.[Na+].[Na+]. The third kappa shape index (κ3) is 6.22. The molecule has 0 saturated carbocycles. The molecule has 0 radical (unpaired) electrons. The summed E-state index contributed by atoms with van der Waals surface area (Å²) in [5.74, 6) is 0.0392. The van der Waals surface area contributed by atoms with E-state index in [0.717, 1.165) is 68.8 Å². The fourth-order valence-electron chi connectivity index (χ4n) is 6.49. The number of rotatable bonds is 10. The molecule has 1 aliphatic heterocycles. The average molecular weight is 598 g/mol. The maximum absolute atomic E-state index is 13.8. The molecule has 0 aromatic heterocycles. The first kappa shape index (κ1) is 33.8. The number of carboxylic acid groups (broad SMARTS) is 1. The molecule has 0 atom stereocenters. The molecular formula is C34H33NNa2O6. The van der Waals surface area contributed by atoms with Gasteiger partial charge in [0, 0.05) is 13.0 Å². The molecule has 0 unspecified atom stereocenters. The standard InChI is InChI=1S/C34H33NO6.2Na/c1-3-16-40-22-9-13-24-20(18-22)7-11-26-29(24)30-25-14-10-23(41-17-4-2)19-21(25)8-12-27(30)32-31(26)33(38)35(34(32)39)15-5-6-28(36)37;;/h9-10,13-14,18-19H,1-8,11-12,15-17H2,(H,36,37);;/q-2;2*+1. The Labute approximate surface area is 296 Å². The molecule has 2 amide bonds. The van der Waals surface area contributed by atoms with Gasteiger partial charge in [0.2, 0.25) is 0 Å². The van der Waals surface area contributed by atoms with Gasteiger partial charge in [0.25, 0.3) is 11.8 Å². The smallest absolute Gasteiger partial charge is 0.496 e. The summed E-state index contributed by atoms with van der Waals surface area (Å²) in [6, 6.07) is 12.2. The molecule has 43 heavy (non-hydrogen) atoms. The van der Waals surface area contributed by atoms with Crippen molar-refractivity contribution < 1.29 is 88.1 Å². The molecule has 7 nitrogen and oxygen atoms in total. The molecule has 0 spiro atoms. The summed E-state index contributed by atoms with van der Waals surface area (Å²) in [6.07, 6.45) is 4.17. The van der Waals surface area contributed by atoms with Gasteiger partial charge < -0.3 is 28.4 Å². The van der Waals surface area contributed by atoms with E-state index in [4.69, 9.17) is 14.6 Å². The normalized spacial score (nSPS) is 14.0. The van der Waals surface area contributed by atoms with Crippen molar-refractivity contribution in [1.82, 2.24) is 4.90 Å². The number of carbonyl (C=O) groups is 3. The Morgan fingerprint density at radius 1 is 0.744 bits per heavy atom. The quantitative estimate of drug-likeness (QED) is 0.199. The number of aryl methyl sites for hydroxylation is 2. The van der Waals surface area contributed by atoms with Crippen LogP contribution >= 0.6 is 0 Å². The van der Waals surface area contributed by atoms with Gasteiger partial charge >= 0.3 is 65.1 Å². The Balaban J connectivity index is 0.00000212. The van der Waals surface area contributed by atoms with Gasteiger partial charge in [0.15, 0.2) is 0 Å². The van der Waals surface area contributed by atoms with Gasteiger partial charge in [-0.25, -0.2) is 0 Å². The predicted molar refractivity (Wildman–Crippen MR) is 155 cm³/mol. The monoisotopic (exact) mass is 597 g/mol. The Hall–Kier alpha value is -2.13. The van der Waals surface area contributed by atoms with Crippen molar-refractivity contribution in [1.29, 1.82) is 0 Å². The number of hydrogen-bond acceptors (Lipinski definition) is 5. The van der Waals surface area contributed by atoms with E-state index in [1.54, 1.807) is 0 Å². The summed E-state index contributed by atoms with van der Waals surface area (Å²) >= 11 is 0. The number of benzene rings is 3. The molecule has 3 aromatic carbocycles. The molecule has 1 heterocycles. The van der Waals surface area contributed by atoms with Crippen molar-refractivity contribution in [2.24, 2.45) is 0 Å². The second kappa shape index (κ2) is 14.3. The van der Waals surface area contributed by atoms with Gasteiger partial charge in [-0.15, -0.1) is 12.8 Å². The maximum atomic E-state index is 13.8. The first-order valence-corrected chi connectivity index (χ1v) is 14.3. The Morgan fingerprint density at radius 3 is 1.63 bits per heavy atom. The van der Waals surface area contributed by atoms with Gasteiger partial charge in [-0.1, -0.05) is 12.1 Å². The Morgan fingerprint density at radius 2 is 1.21 bits per heavy atom. The van der Waals surface area contributed by atoms with E-state index in [0.29, 0.717) is 50.0 Å². The predicted octanol–water partition coefficient (Wildman–Crippen LogP) is -0.107. The maximum Gasteiger partial charge on any atom is 1.00 e. The first-order valence-electron chi connectivity index (χ1n) is 14.3. The van der Waals surface area contributed by atoms with Crippen LogP contribution in [0.25, 0.3) is 22.3 Å². The molecule has 0 saturated heterocycles. The van der Waals surface area contributed by atoms with E-state index >= 15 is 0 Å². The number of fused-ring (bicyclic) bond motifs is 10. The number of hydrogen-bond donors (Lipinski definition) is 1. The summed E-state index contributed by atoms with van der Waals surface area (Å²) in [7, 11) is 0. The van der Waals surface area contributed by atoms with Gasteiger partial charge in [-0.2, -0.15) is 0 Å². The van der Waals surface area contributed by atoms with Crippen LogP contribution in [0.4, 0.5) is 0 Å². The second-order valence-corrected chi connectivity index (χ2v) is 10.8. The minimum absolute atomic E-state index is 0. The van der Waals surface area contributed by atoms with Crippen molar-refractivity contribution in [3.05, 3.63) is 83.6 Å². The number of nitrogens with zero attached hydrogens (tertiary/aromatic N) is 1. The summed E-state index contributed by atoms with van der Waals surface area (Å²) in [5.41, 5.74) is 9.27. The van der Waals surface area contributed by atoms with Crippen LogP contribution in [0.15, 0.2) is 36.4 Å². The van der Waals surface area contributed by atoms with Crippen molar-refractivity contribution >= 4 is 17.8 Å². The molecule has 9 heteroatoms. The summed E-state index contributed by atoms with van der Waals surface area (Å²) in [4.78, 5) is 40.0. The minimum atomic E-state index is -0.943. The van der Waals surface area contributed by atoms with E-state index < -0.39 is 5.97 Å². The molecule has 3 aliphatic rings. The van der Waals surface area contributed by atoms with E-state index in [1.165, 1.54) is 4.90 Å². The van der Waals surface area contributed by atoms with Crippen LogP contribution in [-0.4, -0.2) is 47.5 Å². The topological polar surface area (TPSA) is 93.1 Å². The molecule has 0 bridgehead atoms. The summed E-state index contributed by atoms with van der Waals surface area (Å²) in [6.45, 7) is 8.89. The number of amides is 2. The van der Waals surface area contributed by atoms with Crippen molar-refractivity contribution in [2.45, 2.75) is 51.4 Å². The van der Waals surface area contributed by atoms with Crippen molar-refractivity contribution in [3.8, 4) is 33.8 Å². The average Bonchev–Trinajstić information content (AvgIpc) is 3.23. The summed E-state index contributed by atoms with van der Waals surface area (Å²) < 4.78 is 11.7. The number of carbonyl (C=O) groups excluding carboxylic acids is 2. The third-order valence-corrected chi connectivity index (χ3v) is 8.20.